The van der Waals surface area contributed by atoms with Crippen LogP contribution < -0.4 is 0 Å². The molecule has 1 aliphatic heterocycles. The molecule has 0 radical (unpaired) electrons. The maximum atomic E-state index is 13.8. The van der Waals surface area contributed by atoms with Gasteiger partial charge in [-0.3, -0.25) is 14.5 Å². The minimum absolute atomic E-state index is 0.0760. The third kappa shape index (κ3) is 3.26. The number of fused-ring (bicyclic) bond motifs is 2. The molecule has 1 atom stereocenters. The SMILES string of the molecule is C[C@@H]1c2nn(C)c(-c3cc(F)cc(F)c3)c2CCN1C(=O)c1ccc2ncccc2c1. The summed E-state index contributed by atoms with van der Waals surface area (Å²) in [6, 6.07) is 12.5. The molecular weight excluding hydrogens is 398 g/mol. The van der Waals surface area contributed by atoms with Crippen LogP contribution in [0.1, 0.15) is 34.6 Å². The summed E-state index contributed by atoms with van der Waals surface area (Å²) in [4.78, 5) is 19.4. The monoisotopic (exact) mass is 418 g/mol. The number of aryl methyl sites for hydroxylation is 1. The van der Waals surface area contributed by atoms with Gasteiger partial charge in [-0.1, -0.05) is 6.07 Å². The van der Waals surface area contributed by atoms with Crippen molar-refractivity contribution in [2.24, 2.45) is 7.05 Å². The van der Waals surface area contributed by atoms with E-state index >= 15 is 0 Å². The lowest BCUT2D eigenvalue weighted by Crippen LogP contribution is -2.38. The Balaban J connectivity index is 1.50. The number of hydrogen-bond acceptors (Lipinski definition) is 3. The first-order valence-electron chi connectivity index (χ1n) is 10.1. The minimum Gasteiger partial charge on any atom is -0.330 e. The first-order chi connectivity index (χ1) is 14.9. The zero-order valence-corrected chi connectivity index (χ0v) is 17.1. The molecular formula is C24H20F2N4O. The molecule has 0 bridgehead atoms. The summed E-state index contributed by atoms with van der Waals surface area (Å²) in [5.74, 6) is -1.33. The lowest BCUT2D eigenvalue weighted by molar-refractivity contribution is 0.0674. The first kappa shape index (κ1) is 19.4. The van der Waals surface area contributed by atoms with Crippen molar-refractivity contribution in [3.63, 3.8) is 0 Å². The number of aromatic nitrogens is 3. The Morgan fingerprint density at radius 1 is 1.10 bits per heavy atom. The highest BCUT2D eigenvalue weighted by Crippen LogP contribution is 2.36. The molecule has 5 rings (SSSR count). The molecule has 0 aliphatic carbocycles. The van der Waals surface area contributed by atoms with Crippen LogP contribution in [-0.4, -0.2) is 32.1 Å². The molecule has 5 nitrogen and oxygen atoms in total. The average molecular weight is 418 g/mol. The molecule has 3 heterocycles. The van der Waals surface area contributed by atoms with Crippen LogP contribution in [0.2, 0.25) is 0 Å². The van der Waals surface area contributed by atoms with E-state index in [2.05, 4.69) is 10.1 Å². The Hall–Kier alpha value is -3.61. The van der Waals surface area contributed by atoms with Gasteiger partial charge in [-0.25, -0.2) is 8.78 Å². The molecule has 0 saturated carbocycles. The molecule has 4 aromatic rings. The Morgan fingerprint density at radius 3 is 2.65 bits per heavy atom. The highest BCUT2D eigenvalue weighted by molar-refractivity contribution is 5.98. The lowest BCUT2D eigenvalue weighted by atomic mass is 9.95. The second kappa shape index (κ2) is 7.27. The molecule has 7 heteroatoms. The zero-order chi connectivity index (χ0) is 21.7. The van der Waals surface area contributed by atoms with Crippen LogP contribution in [0.25, 0.3) is 22.2 Å². The molecule has 31 heavy (non-hydrogen) atoms. The van der Waals surface area contributed by atoms with Gasteiger partial charge < -0.3 is 4.90 Å². The summed E-state index contributed by atoms with van der Waals surface area (Å²) in [5, 5.41) is 5.52. The standard InChI is InChI=1S/C24H20F2N4O/c1-14-22-20(23(29(2)28-22)17-11-18(25)13-19(26)12-17)7-9-30(14)24(31)16-5-6-21-15(10-16)4-3-8-27-21/h3-6,8,10-14H,7,9H2,1-2H3/t14-/m1/s1. The fraction of sp³-hybridized carbons (Fsp3) is 0.208. The van der Waals surface area contributed by atoms with Crippen LogP contribution in [0.15, 0.2) is 54.7 Å². The van der Waals surface area contributed by atoms with Gasteiger partial charge >= 0.3 is 0 Å². The van der Waals surface area contributed by atoms with Crippen LogP contribution in [0.4, 0.5) is 8.78 Å². The van der Waals surface area contributed by atoms with Crippen molar-refractivity contribution in [1.29, 1.82) is 0 Å². The lowest BCUT2D eigenvalue weighted by Gasteiger charge is -2.33. The predicted octanol–water partition coefficient (Wildman–Crippen LogP) is 4.67. The summed E-state index contributed by atoms with van der Waals surface area (Å²) in [6.45, 7) is 2.43. The van der Waals surface area contributed by atoms with E-state index < -0.39 is 11.6 Å². The van der Waals surface area contributed by atoms with Crippen molar-refractivity contribution in [2.75, 3.05) is 6.54 Å². The first-order valence-corrected chi connectivity index (χ1v) is 10.1. The number of carbonyl (C=O) groups is 1. The van der Waals surface area contributed by atoms with Gasteiger partial charge in [0.2, 0.25) is 0 Å². The Bertz CT molecular complexity index is 1310. The Labute approximate surface area is 177 Å². The van der Waals surface area contributed by atoms with Crippen LogP contribution in [0.3, 0.4) is 0 Å². The molecule has 156 valence electrons. The summed E-state index contributed by atoms with van der Waals surface area (Å²) in [6.07, 6.45) is 2.28. The van der Waals surface area contributed by atoms with Crippen LogP contribution >= 0.6 is 0 Å². The van der Waals surface area contributed by atoms with Crippen molar-refractivity contribution in [1.82, 2.24) is 19.7 Å². The van der Waals surface area contributed by atoms with Crippen molar-refractivity contribution in [3.8, 4) is 11.3 Å². The van der Waals surface area contributed by atoms with Gasteiger partial charge in [0.15, 0.2) is 0 Å². The molecule has 2 aromatic carbocycles. The molecule has 0 N–H and O–H groups in total. The topological polar surface area (TPSA) is 51.0 Å². The number of pyridine rings is 1. The largest absolute Gasteiger partial charge is 0.330 e. The number of hydrogen-bond donors (Lipinski definition) is 0. The fourth-order valence-electron chi connectivity index (χ4n) is 4.45. The number of nitrogens with zero attached hydrogens (tertiary/aromatic N) is 4. The Kier molecular flexibility index (Phi) is 4.54. The smallest absolute Gasteiger partial charge is 0.254 e. The van der Waals surface area contributed by atoms with Gasteiger partial charge in [-0.15, -0.1) is 0 Å². The highest BCUT2D eigenvalue weighted by Gasteiger charge is 2.33. The molecule has 0 unspecified atom stereocenters. The van der Waals surface area contributed by atoms with Crippen molar-refractivity contribution in [3.05, 3.63) is 83.2 Å². The Morgan fingerprint density at radius 2 is 1.87 bits per heavy atom. The van der Waals surface area contributed by atoms with E-state index in [-0.39, 0.29) is 11.9 Å². The van der Waals surface area contributed by atoms with Gasteiger partial charge in [0.25, 0.3) is 5.91 Å². The van der Waals surface area contributed by atoms with E-state index in [4.69, 9.17) is 0 Å². The minimum atomic E-state index is -0.628. The number of amides is 1. The van der Waals surface area contributed by atoms with Crippen LogP contribution in [0.5, 0.6) is 0 Å². The van der Waals surface area contributed by atoms with Crippen molar-refractivity contribution < 1.29 is 13.6 Å². The molecule has 1 aliphatic rings. The number of rotatable bonds is 2. The van der Waals surface area contributed by atoms with Gasteiger partial charge in [0, 0.05) is 47.9 Å². The van der Waals surface area contributed by atoms with Gasteiger partial charge in [0.1, 0.15) is 11.6 Å². The maximum Gasteiger partial charge on any atom is 0.254 e. The van der Waals surface area contributed by atoms with E-state index in [9.17, 15) is 13.6 Å². The highest BCUT2D eigenvalue weighted by atomic mass is 19.1. The quantitative estimate of drug-likeness (QED) is 0.475. The molecule has 0 saturated heterocycles. The van der Waals surface area contributed by atoms with Gasteiger partial charge in [-0.05, 0) is 49.7 Å². The molecule has 1 amide bonds. The third-order valence-corrected chi connectivity index (χ3v) is 5.89. The maximum absolute atomic E-state index is 13.8. The second-order valence-corrected chi connectivity index (χ2v) is 7.83. The number of halogens is 2. The van der Waals surface area contributed by atoms with Gasteiger partial charge in [0.05, 0.1) is 22.9 Å². The molecule has 2 aromatic heterocycles. The molecule has 0 spiro atoms. The predicted molar refractivity (Wildman–Crippen MR) is 113 cm³/mol. The van der Waals surface area contributed by atoms with Crippen molar-refractivity contribution in [2.45, 2.75) is 19.4 Å². The average Bonchev–Trinajstić information content (AvgIpc) is 3.09. The summed E-state index contributed by atoms with van der Waals surface area (Å²) in [7, 11) is 1.76. The van der Waals surface area contributed by atoms with E-state index in [0.717, 1.165) is 28.2 Å². The van der Waals surface area contributed by atoms with E-state index in [1.165, 1.54) is 12.1 Å². The third-order valence-electron chi connectivity index (χ3n) is 5.89. The second-order valence-electron chi connectivity index (χ2n) is 7.83. The van der Waals surface area contributed by atoms with Gasteiger partial charge in [-0.2, -0.15) is 5.10 Å². The van der Waals surface area contributed by atoms with Crippen LogP contribution in [0, 0.1) is 11.6 Å². The van der Waals surface area contributed by atoms with E-state index in [1.54, 1.807) is 28.9 Å². The fourth-order valence-corrected chi connectivity index (χ4v) is 4.45. The van der Waals surface area contributed by atoms with Crippen molar-refractivity contribution >= 4 is 16.8 Å². The van der Waals surface area contributed by atoms with E-state index in [1.807, 2.05) is 31.2 Å². The summed E-state index contributed by atoms with van der Waals surface area (Å²) >= 11 is 0. The normalized spacial score (nSPS) is 15.9. The van der Waals surface area contributed by atoms with E-state index in [0.29, 0.717) is 29.8 Å². The zero-order valence-electron chi connectivity index (χ0n) is 17.1. The molecule has 0 fully saturated rings. The summed E-state index contributed by atoms with van der Waals surface area (Å²) in [5.41, 5.74) is 4.24. The summed E-state index contributed by atoms with van der Waals surface area (Å²) < 4.78 is 29.2. The van der Waals surface area contributed by atoms with Crippen LogP contribution in [-0.2, 0) is 13.5 Å². The number of benzene rings is 2. The number of carbonyl (C=O) groups excluding carboxylic acids is 1.